The van der Waals surface area contributed by atoms with E-state index in [2.05, 4.69) is 55.5 Å². The van der Waals surface area contributed by atoms with Crippen LogP contribution >= 0.6 is 11.8 Å². The largest absolute Gasteiger partial charge is 0.323 e. The topological polar surface area (TPSA) is 26.0 Å². The zero-order valence-electron chi connectivity index (χ0n) is 10.7. The highest BCUT2D eigenvalue weighted by atomic mass is 32.2. The van der Waals surface area contributed by atoms with Gasteiger partial charge < -0.3 is 5.73 Å². The van der Waals surface area contributed by atoms with E-state index in [-0.39, 0.29) is 6.04 Å². The molecule has 0 aliphatic carbocycles. The molecule has 0 heterocycles. The molecule has 0 aliphatic rings. The van der Waals surface area contributed by atoms with Gasteiger partial charge in [-0.2, -0.15) is 0 Å². The van der Waals surface area contributed by atoms with E-state index in [1.54, 1.807) is 0 Å². The first-order chi connectivity index (χ1) is 8.79. The minimum Gasteiger partial charge on any atom is -0.323 e. The third-order valence-electron chi connectivity index (χ3n) is 2.99. The van der Waals surface area contributed by atoms with Gasteiger partial charge in [0.15, 0.2) is 0 Å². The molecule has 0 fully saturated rings. The second kappa shape index (κ2) is 6.62. The van der Waals surface area contributed by atoms with Gasteiger partial charge in [-0.3, -0.25) is 0 Å². The number of hydrogen-bond acceptors (Lipinski definition) is 2. The van der Waals surface area contributed by atoms with E-state index < -0.39 is 0 Å². The van der Waals surface area contributed by atoms with Crippen molar-refractivity contribution >= 4 is 11.8 Å². The lowest BCUT2D eigenvalue weighted by atomic mass is 10.1. The van der Waals surface area contributed by atoms with Crippen molar-refractivity contribution < 1.29 is 0 Å². The SMILES string of the molecule is CCc1ccc(C(N)CSc2ccccc2)cc1. The van der Waals surface area contributed by atoms with Gasteiger partial charge in [0.1, 0.15) is 0 Å². The first kappa shape index (κ1) is 13.2. The molecule has 0 saturated carbocycles. The Kier molecular flexibility index (Phi) is 4.85. The van der Waals surface area contributed by atoms with Crippen LogP contribution < -0.4 is 5.73 Å². The maximum Gasteiger partial charge on any atom is 0.0390 e. The quantitative estimate of drug-likeness (QED) is 0.818. The van der Waals surface area contributed by atoms with Crippen molar-refractivity contribution in [3.8, 4) is 0 Å². The molecule has 94 valence electrons. The second-order valence-corrected chi connectivity index (χ2v) is 5.42. The van der Waals surface area contributed by atoms with Crippen LogP contribution in [0.2, 0.25) is 0 Å². The van der Waals surface area contributed by atoms with Crippen LogP contribution in [-0.2, 0) is 6.42 Å². The zero-order valence-corrected chi connectivity index (χ0v) is 11.5. The molecule has 2 aromatic rings. The van der Waals surface area contributed by atoms with E-state index in [1.807, 2.05) is 17.8 Å². The summed E-state index contributed by atoms with van der Waals surface area (Å²) in [6, 6.07) is 19.1. The lowest BCUT2D eigenvalue weighted by molar-refractivity contribution is 0.830. The lowest BCUT2D eigenvalue weighted by Crippen LogP contribution is -2.12. The average Bonchev–Trinajstić information content (AvgIpc) is 2.46. The molecule has 1 nitrogen and oxygen atoms in total. The summed E-state index contributed by atoms with van der Waals surface area (Å²) in [5.74, 6) is 0.912. The van der Waals surface area contributed by atoms with Gasteiger partial charge in [0.25, 0.3) is 0 Å². The number of benzene rings is 2. The standard InChI is InChI=1S/C16H19NS/c1-2-13-8-10-14(11-9-13)16(17)12-18-15-6-4-3-5-7-15/h3-11,16H,2,12,17H2,1H3. The van der Waals surface area contributed by atoms with E-state index in [9.17, 15) is 0 Å². The zero-order chi connectivity index (χ0) is 12.8. The van der Waals surface area contributed by atoms with Gasteiger partial charge >= 0.3 is 0 Å². The Morgan fingerprint density at radius 1 is 1.00 bits per heavy atom. The molecular weight excluding hydrogens is 238 g/mol. The predicted molar refractivity (Wildman–Crippen MR) is 79.9 cm³/mol. The molecule has 0 radical (unpaired) electrons. The van der Waals surface area contributed by atoms with E-state index in [4.69, 9.17) is 5.73 Å². The Morgan fingerprint density at radius 3 is 2.28 bits per heavy atom. The van der Waals surface area contributed by atoms with Crippen molar-refractivity contribution in [3.63, 3.8) is 0 Å². The molecule has 0 aromatic heterocycles. The summed E-state index contributed by atoms with van der Waals surface area (Å²) in [5, 5.41) is 0. The van der Waals surface area contributed by atoms with Gasteiger partial charge in [-0.1, -0.05) is 49.4 Å². The molecule has 2 rings (SSSR count). The second-order valence-electron chi connectivity index (χ2n) is 4.33. The molecule has 1 atom stereocenters. The van der Waals surface area contributed by atoms with Crippen molar-refractivity contribution in [2.45, 2.75) is 24.3 Å². The Morgan fingerprint density at radius 2 is 1.67 bits per heavy atom. The Labute approximate surface area is 113 Å². The van der Waals surface area contributed by atoms with Gasteiger partial charge in [0, 0.05) is 16.7 Å². The third-order valence-corrected chi connectivity index (χ3v) is 4.12. The minimum atomic E-state index is 0.0983. The number of aryl methyl sites for hydroxylation is 1. The van der Waals surface area contributed by atoms with Crippen molar-refractivity contribution in [1.82, 2.24) is 0 Å². The fraction of sp³-hybridized carbons (Fsp3) is 0.250. The molecule has 1 unspecified atom stereocenters. The first-order valence-corrected chi connectivity index (χ1v) is 7.30. The van der Waals surface area contributed by atoms with E-state index >= 15 is 0 Å². The average molecular weight is 257 g/mol. The maximum absolute atomic E-state index is 6.21. The van der Waals surface area contributed by atoms with Crippen LogP contribution in [0.3, 0.4) is 0 Å². The molecular formula is C16H19NS. The molecule has 0 amide bonds. The van der Waals surface area contributed by atoms with Crippen LogP contribution in [0.15, 0.2) is 59.5 Å². The molecule has 18 heavy (non-hydrogen) atoms. The number of hydrogen-bond donors (Lipinski definition) is 1. The maximum atomic E-state index is 6.21. The lowest BCUT2D eigenvalue weighted by Gasteiger charge is -2.12. The molecule has 0 aliphatic heterocycles. The summed E-state index contributed by atoms with van der Waals surface area (Å²) in [6.45, 7) is 2.17. The summed E-state index contributed by atoms with van der Waals surface area (Å²) in [7, 11) is 0. The van der Waals surface area contributed by atoms with Gasteiger partial charge in [-0.05, 0) is 29.7 Å². The van der Waals surface area contributed by atoms with Crippen LogP contribution in [0.1, 0.15) is 24.1 Å². The van der Waals surface area contributed by atoms with Gasteiger partial charge in [0.2, 0.25) is 0 Å². The molecule has 0 spiro atoms. The first-order valence-electron chi connectivity index (χ1n) is 6.32. The van der Waals surface area contributed by atoms with E-state index in [0.717, 1.165) is 12.2 Å². The van der Waals surface area contributed by atoms with Crippen LogP contribution in [0, 0.1) is 0 Å². The predicted octanol–water partition coefficient (Wildman–Crippen LogP) is 4.04. The Bertz CT molecular complexity index is 464. The van der Waals surface area contributed by atoms with Gasteiger partial charge in [-0.25, -0.2) is 0 Å². The van der Waals surface area contributed by atoms with Crippen molar-refractivity contribution in [2.75, 3.05) is 5.75 Å². The fourth-order valence-electron chi connectivity index (χ4n) is 1.80. The fourth-order valence-corrected chi connectivity index (χ4v) is 2.71. The number of rotatable bonds is 5. The molecule has 2 N–H and O–H groups in total. The molecule has 2 heteroatoms. The van der Waals surface area contributed by atoms with Crippen LogP contribution in [0.4, 0.5) is 0 Å². The minimum absolute atomic E-state index is 0.0983. The van der Waals surface area contributed by atoms with Crippen LogP contribution in [0.5, 0.6) is 0 Å². The summed E-state index contributed by atoms with van der Waals surface area (Å²) >= 11 is 1.81. The smallest absolute Gasteiger partial charge is 0.0390 e. The van der Waals surface area contributed by atoms with Crippen LogP contribution in [0.25, 0.3) is 0 Å². The number of nitrogens with two attached hydrogens (primary N) is 1. The van der Waals surface area contributed by atoms with Crippen molar-refractivity contribution in [1.29, 1.82) is 0 Å². The summed E-state index contributed by atoms with van der Waals surface area (Å²) in [4.78, 5) is 1.28. The summed E-state index contributed by atoms with van der Waals surface area (Å²) in [5.41, 5.74) is 8.79. The van der Waals surface area contributed by atoms with Crippen molar-refractivity contribution in [2.24, 2.45) is 5.73 Å². The van der Waals surface area contributed by atoms with E-state index in [1.165, 1.54) is 16.0 Å². The monoisotopic (exact) mass is 257 g/mol. The Balaban J connectivity index is 1.93. The number of thioether (sulfide) groups is 1. The highest BCUT2D eigenvalue weighted by Gasteiger charge is 2.06. The highest BCUT2D eigenvalue weighted by Crippen LogP contribution is 2.23. The molecule has 2 aromatic carbocycles. The van der Waals surface area contributed by atoms with E-state index in [0.29, 0.717) is 0 Å². The highest BCUT2D eigenvalue weighted by molar-refractivity contribution is 7.99. The normalized spacial score (nSPS) is 12.3. The Hall–Kier alpha value is -1.25. The summed E-state index contributed by atoms with van der Waals surface area (Å²) in [6.07, 6.45) is 1.08. The molecule has 0 bridgehead atoms. The third kappa shape index (κ3) is 3.62. The van der Waals surface area contributed by atoms with Gasteiger partial charge in [-0.15, -0.1) is 11.8 Å². The van der Waals surface area contributed by atoms with Crippen molar-refractivity contribution in [3.05, 3.63) is 65.7 Å². The van der Waals surface area contributed by atoms with Gasteiger partial charge in [0.05, 0.1) is 0 Å². The van der Waals surface area contributed by atoms with Crippen LogP contribution in [-0.4, -0.2) is 5.75 Å². The summed E-state index contributed by atoms with van der Waals surface area (Å²) < 4.78 is 0. The molecule has 0 saturated heterocycles.